The van der Waals surface area contributed by atoms with E-state index in [4.69, 9.17) is 0 Å². The fourth-order valence-electron chi connectivity index (χ4n) is 1.38. The Bertz CT molecular complexity index is 475. The van der Waals surface area contributed by atoms with Crippen LogP contribution in [-0.4, -0.2) is 23.3 Å². The average Bonchev–Trinajstić information content (AvgIpc) is 2.27. The van der Waals surface area contributed by atoms with E-state index in [1.54, 1.807) is 12.1 Å². The Kier molecular flexibility index (Phi) is 4.92. The van der Waals surface area contributed by atoms with Gasteiger partial charge in [-0.05, 0) is 39.8 Å². The second-order valence-corrected chi connectivity index (χ2v) is 5.30. The Hall–Kier alpha value is -2.04. The van der Waals surface area contributed by atoms with Crippen molar-refractivity contribution in [3.05, 3.63) is 30.3 Å². The van der Waals surface area contributed by atoms with E-state index in [0.717, 1.165) is 0 Å². The zero-order chi connectivity index (χ0) is 14.5. The highest BCUT2D eigenvalue weighted by Crippen LogP contribution is 2.12. The van der Waals surface area contributed by atoms with Gasteiger partial charge in [-0.25, -0.2) is 0 Å². The van der Waals surface area contributed by atoms with Gasteiger partial charge >= 0.3 is 0 Å². The molecule has 0 saturated heterocycles. The SMILES string of the molecule is CC(=O)C(N=Nc1ccccc1)C(=O)NC(C)(C)C. The molecule has 0 radical (unpaired) electrons. The minimum Gasteiger partial charge on any atom is -0.349 e. The van der Waals surface area contributed by atoms with Crippen LogP contribution in [0.2, 0.25) is 0 Å². The Morgan fingerprint density at radius 1 is 1.16 bits per heavy atom. The van der Waals surface area contributed by atoms with Gasteiger partial charge in [-0.1, -0.05) is 18.2 Å². The molecular weight excluding hydrogens is 242 g/mol. The molecule has 1 amide bonds. The number of nitrogens with one attached hydrogen (secondary N) is 1. The maximum Gasteiger partial charge on any atom is 0.254 e. The number of hydrogen-bond acceptors (Lipinski definition) is 4. The fourth-order valence-corrected chi connectivity index (χ4v) is 1.38. The molecule has 0 aliphatic carbocycles. The van der Waals surface area contributed by atoms with Crippen LogP contribution in [0.3, 0.4) is 0 Å². The summed E-state index contributed by atoms with van der Waals surface area (Å²) in [5.41, 5.74) is 0.199. The number of amides is 1. The molecule has 1 aromatic rings. The second-order valence-electron chi connectivity index (χ2n) is 5.30. The molecule has 0 bridgehead atoms. The minimum atomic E-state index is -1.10. The van der Waals surface area contributed by atoms with Crippen molar-refractivity contribution in [2.45, 2.75) is 39.3 Å². The summed E-state index contributed by atoms with van der Waals surface area (Å²) in [7, 11) is 0. The number of nitrogens with zero attached hydrogens (tertiary/aromatic N) is 2. The first-order valence-electron chi connectivity index (χ1n) is 6.08. The predicted molar refractivity (Wildman–Crippen MR) is 73.3 cm³/mol. The Morgan fingerprint density at radius 3 is 2.21 bits per heavy atom. The highest BCUT2D eigenvalue weighted by atomic mass is 16.2. The van der Waals surface area contributed by atoms with Gasteiger partial charge < -0.3 is 5.32 Å². The molecular formula is C14H19N3O2. The average molecular weight is 261 g/mol. The van der Waals surface area contributed by atoms with Crippen LogP contribution in [0.15, 0.2) is 40.6 Å². The Morgan fingerprint density at radius 2 is 1.74 bits per heavy atom. The summed E-state index contributed by atoms with van der Waals surface area (Å²) in [5, 5.41) is 10.5. The number of rotatable bonds is 4. The van der Waals surface area contributed by atoms with E-state index in [1.807, 2.05) is 39.0 Å². The van der Waals surface area contributed by atoms with Crippen LogP contribution in [0.5, 0.6) is 0 Å². The molecule has 0 aromatic heterocycles. The summed E-state index contributed by atoms with van der Waals surface area (Å²) in [4.78, 5) is 23.4. The Balaban J connectivity index is 2.82. The van der Waals surface area contributed by atoms with Gasteiger partial charge in [0.15, 0.2) is 5.78 Å². The van der Waals surface area contributed by atoms with E-state index >= 15 is 0 Å². The van der Waals surface area contributed by atoms with Crippen molar-refractivity contribution in [1.29, 1.82) is 0 Å². The molecule has 19 heavy (non-hydrogen) atoms. The van der Waals surface area contributed by atoms with E-state index in [1.165, 1.54) is 6.92 Å². The quantitative estimate of drug-likeness (QED) is 0.668. The van der Waals surface area contributed by atoms with E-state index < -0.39 is 17.5 Å². The van der Waals surface area contributed by atoms with Crippen molar-refractivity contribution in [1.82, 2.24) is 5.32 Å². The van der Waals surface area contributed by atoms with E-state index in [-0.39, 0.29) is 5.78 Å². The maximum absolute atomic E-state index is 11.9. The normalized spacial score (nSPS) is 13.3. The fraction of sp³-hybridized carbons (Fsp3) is 0.429. The Labute approximate surface area is 113 Å². The zero-order valence-corrected chi connectivity index (χ0v) is 11.7. The highest BCUT2D eigenvalue weighted by Gasteiger charge is 2.26. The maximum atomic E-state index is 11.9. The molecule has 0 spiro atoms. The number of azo groups is 1. The van der Waals surface area contributed by atoms with Crippen molar-refractivity contribution in [2.24, 2.45) is 10.2 Å². The van der Waals surface area contributed by atoms with Crippen LogP contribution < -0.4 is 5.32 Å². The summed E-state index contributed by atoms with van der Waals surface area (Å²) in [6, 6.07) is 7.89. The number of Topliss-reactive ketones (excluding diaryl/α,β-unsaturated/α-hetero) is 1. The van der Waals surface area contributed by atoms with Crippen LogP contribution >= 0.6 is 0 Å². The lowest BCUT2D eigenvalue weighted by Gasteiger charge is -2.21. The molecule has 0 fully saturated rings. The zero-order valence-electron chi connectivity index (χ0n) is 11.7. The molecule has 102 valence electrons. The van der Waals surface area contributed by atoms with Gasteiger partial charge in [0.1, 0.15) is 0 Å². The van der Waals surface area contributed by atoms with Crippen LogP contribution in [0.1, 0.15) is 27.7 Å². The van der Waals surface area contributed by atoms with Crippen molar-refractivity contribution in [3.8, 4) is 0 Å². The van der Waals surface area contributed by atoms with E-state index in [9.17, 15) is 9.59 Å². The minimum absolute atomic E-state index is 0.332. The van der Waals surface area contributed by atoms with Gasteiger partial charge in [-0.3, -0.25) is 9.59 Å². The summed E-state index contributed by atoms with van der Waals surface area (Å²) in [6.07, 6.45) is 0. The van der Waals surface area contributed by atoms with Crippen molar-refractivity contribution < 1.29 is 9.59 Å². The van der Waals surface area contributed by atoms with Gasteiger partial charge in [0.2, 0.25) is 6.04 Å². The first-order valence-corrected chi connectivity index (χ1v) is 6.08. The van der Waals surface area contributed by atoms with Crippen molar-refractivity contribution in [3.63, 3.8) is 0 Å². The molecule has 1 N–H and O–H groups in total. The summed E-state index contributed by atoms with van der Waals surface area (Å²) >= 11 is 0. The van der Waals surface area contributed by atoms with Gasteiger partial charge in [0.25, 0.3) is 5.91 Å². The number of carbonyl (C=O) groups excluding carboxylic acids is 2. The van der Waals surface area contributed by atoms with Crippen molar-refractivity contribution in [2.75, 3.05) is 0 Å². The van der Waals surface area contributed by atoms with Crippen LogP contribution in [0.4, 0.5) is 5.69 Å². The standard InChI is InChI=1S/C14H19N3O2/c1-10(18)12(13(19)15-14(2,3)4)17-16-11-8-6-5-7-9-11/h5-9,12H,1-4H3,(H,15,19). The molecule has 1 rings (SSSR count). The number of carbonyl (C=O) groups is 2. The lowest BCUT2D eigenvalue weighted by Crippen LogP contribution is -2.47. The second kappa shape index (κ2) is 6.22. The first kappa shape index (κ1) is 15.0. The van der Waals surface area contributed by atoms with E-state index in [0.29, 0.717) is 5.69 Å². The lowest BCUT2D eigenvalue weighted by molar-refractivity contribution is -0.130. The highest BCUT2D eigenvalue weighted by molar-refractivity contribution is 6.04. The summed E-state index contributed by atoms with van der Waals surface area (Å²) < 4.78 is 0. The summed E-state index contributed by atoms with van der Waals surface area (Å²) in [6.45, 7) is 6.86. The van der Waals surface area contributed by atoms with Gasteiger partial charge in [0.05, 0.1) is 5.69 Å². The third kappa shape index (κ3) is 5.42. The molecule has 0 aliphatic heterocycles. The molecule has 0 saturated carbocycles. The molecule has 0 aliphatic rings. The molecule has 1 aromatic carbocycles. The topological polar surface area (TPSA) is 70.9 Å². The number of benzene rings is 1. The summed E-state index contributed by atoms with van der Waals surface area (Å²) in [5.74, 6) is -0.763. The third-order valence-electron chi connectivity index (χ3n) is 2.18. The molecule has 5 nitrogen and oxygen atoms in total. The van der Waals surface area contributed by atoms with Gasteiger partial charge in [-0.2, -0.15) is 10.2 Å². The lowest BCUT2D eigenvalue weighted by atomic mass is 10.1. The largest absolute Gasteiger partial charge is 0.349 e. The monoisotopic (exact) mass is 261 g/mol. The number of hydrogen-bond donors (Lipinski definition) is 1. The molecule has 5 heteroatoms. The number of ketones is 1. The predicted octanol–water partition coefficient (Wildman–Crippen LogP) is 2.64. The van der Waals surface area contributed by atoms with Crippen LogP contribution in [0, 0.1) is 0 Å². The molecule has 1 unspecified atom stereocenters. The van der Waals surface area contributed by atoms with Crippen LogP contribution in [0.25, 0.3) is 0 Å². The van der Waals surface area contributed by atoms with E-state index in [2.05, 4.69) is 15.5 Å². The van der Waals surface area contributed by atoms with Crippen molar-refractivity contribution >= 4 is 17.4 Å². The third-order valence-corrected chi connectivity index (χ3v) is 2.18. The van der Waals surface area contributed by atoms with Gasteiger partial charge in [-0.15, -0.1) is 0 Å². The first-order chi connectivity index (χ1) is 8.79. The van der Waals surface area contributed by atoms with Gasteiger partial charge in [0, 0.05) is 5.54 Å². The molecule has 0 heterocycles. The molecule has 1 atom stereocenters. The van der Waals surface area contributed by atoms with Crippen LogP contribution in [-0.2, 0) is 9.59 Å². The smallest absolute Gasteiger partial charge is 0.254 e.